The van der Waals surface area contributed by atoms with Gasteiger partial charge in [0.1, 0.15) is 0 Å². The van der Waals surface area contributed by atoms with Crippen molar-refractivity contribution < 1.29 is 18.9 Å². The zero-order valence-corrected chi connectivity index (χ0v) is 15.3. The van der Waals surface area contributed by atoms with Crippen LogP contribution in [0.5, 0.6) is 0 Å². The maximum atomic E-state index is 2.87. The van der Waals surface area contributed by atoms with E-state index in [1.807, 2.05) is 0 Å². The van der Waals surface area contributed by atoms with Gasteiger partial charge in [0.05, 0.1) is 0 Å². The first-order valence-corrected chi connectivity index (χ1v) is 9.59. The Hall–Kier alpha value is 0.517. The Morgan fingerprint density at radius 2 is 1.32 bits per heavy atom. The molecule has 0 saturated carbocycles. The van der Waals surface area contributed by atoms with Gasteiger partial charge in [0.25, 0.3) is 0 Å². The molecule has 0 spiro atoms. The Labute approximate surface area is 150 Å². The molecule has 0 N–H and O–H groups in total. The van der Waals surface area contributed by atoms with Gasteiger partial charge in [0, 0.05) is 25.2 Å². The fourth-order valence-electron chi connectivity index (χ4n) is 5.25. The molecular formula is C19H35LiN2. The quantitative estimate of drug-likeness (QED) is 0.526. The SMILES string of the molecule is C1CCN2C[C@@H]3C[C@@H](CN4CCCC[C@@H]34)[C@H]2C1.C[CH-]CC.[Li+]. The van der Waals surface area contributed by atoms with Crippen LogP contribution in [0.15, 0.2) is 0 Å². The number of nitrogens with zero attached hydrogens (tertiary/aromatic N) is 2. The molecule has 4 fully saturated rings. The first-order chi connectivity index (χ1) is 10.3. The van der Waals surface area contributed by atoms with Crippen molar-refractivity contribution in [3.8, 4) is 0 Å². The van der Waals surface area contributed by atoms with E-state index in [-0.39, 0.29) is 18.9 Å². The molecular weight excluding hydrogens is 263 g/mol. The van der Waals surface area contributed by atoms with Crippen LogP contribution >= 0.6 is 0 Å². The van der Waals surface area contributed by atoms with Crippen molar-refractivity contribution in [1.82, 2.24) is 9.80 Å². The molecule has 4 rings (SSSR count). The minimum Gasteiger partial charge on any atom is -0.332 e. The Morgan fingerprint density at radius 1 is 0.864 bits per heavy atom. The Balaban J connectivity index is 0.000000319. The number of hydrogen-bond donors (Lipinski definition) is 0. The van der Waals surface area contributed by atoms with E-state index in [1.54, 1.807) is 6.42 Å². The average molecular weight is 298 g/mol. The standard InChI is InChI=1S/C15H26N2.C4H9.Li/c1-3-7-16-11-13-9-12(14(16)5-1)10-17-8-4-2-6-15(13)17;1-3-4-2;/h12-15H,1-11H2;3H,4H2,1-2H3;/q;-1;+1/t12-,13-,14-,15+;;/m0../s1. The van der Waals surface area contributed by atoms with Crippen LogP contribution in [0.4, 0.5) is 0 Å². The zero-order chi connectivity index (χ0) is 14.7. The Kier molecular flexibility index (Phi) is 7.81. The molecule has 4 heterocycles. The van der Waals surface area contributed by atoms with E-state index in [0.29, 0.717) is 0 Å². The first kappa shape index (κ1) is 18.9. The van der Waals surface area contributed by atoms with E-state index >= 15 is 0 Å². The molecule has 0 radical (unpaired) electrons. The van der Waals surface area contributed by atoms with Crippen LogP contribution in [0.1, 0.15) is 65.2 Å². The van der Waals surface area contributed by atoms with E-state index in [4.69, 9.17) is 0 Å². The van der Waals surface area contributed by atoms with E-state index < -0.39 is 0 Å². The molecule has 0 aromatic rings. The van der Waals surface area contributed by atoms with Crippen LogP contribution < -0.4 is 18.9 Å². The number of unbranched alkanes of at least 4 members (excludes halogenated alkanes) is 1. The molecule has 2 bridgehead atoms. The number of piperidine rings is 4. The van der Waals surface area contributed by atoms with Crippen LogP contribution in [-0.2, 0) is 0 Å². The predicted molar refractivity (Wildman–Crippen MR) is 90.3 cm³/mol. The minimum atomic E-state index is 0. The second-order valence-corrected chi connectivity index (χ2v) is 7.69. The average Bonchev–Trinajstić information content (AvgIpc) is 2.55. The summed E-state index contributed by atoms with van der Waals surface area (Å²) in [6.45, 7) is 9.86. The fourth-order valence-corrected chi connectivity index (χ4v) is 5.25. The van der Waals surface area contributed by atoms with Crippen molar-refractivity contribution >= 4 is 0 Å². The van der Waals surface area contributed by atoms with E-state index in [2.05, 4.69) is 30.1 Å². The van der Waals surface area contributed by atoms with Gasteiger partial charge < -0.3 is 6.42 Å². The van der Waals surface area contributed by atoms with Crippen molar-refractivity contribution in [2.75, 3.05) is 26.2 Å². The van der Waals surface area contributed by atoms with Crippen molar-refractivity contribution in [3.05, 3.63) is 6.42 Å². The monoisotopic (exact) mass is 298 g/mol. The molecule has 0 aromatic carbocycles. The van der Waals surface area contributed by atoms with Gasteiger partial charge in [-0.05, 0) is 57.0 Å². The summed E-state index contributed by atoms with van der Waals surface area (Å²) in [5.41, 5.74) is 0. The van der Waals surface area contributed by atoms with Crippen LogP contribution in [0.2, 0.25) is 0 Å². The topological polar surface area (TPSA) is 6.48 Å². The van der Waals surface area contributed by atoms with Gasteiger partial charge in [-0.25, -0.2) is 0 Å². The van der Waals surface area contributed by atoms with Crippen LogP contribution in [-0.4, -0.2) is 48.1 Å². The van der Waals surface area contributed by atoms with Gasteiger partial charge in [-0.15, -0.1) is 0 Å². The summed E-state index contributed by atoms with van der Waals surface area (Å²) >= 11 is 0. The molecule has 22 heavy (non-hydrogen) atoms. The van der Waals surface area contributed by atoms with Crippen molar-refractivity contribution in [2.24, 2.45) is 11.8 Å². The number of fused-ring (bicyclic) bond motifs is 6. The smallest absolute Gasteiger partial charge is 0.332 e. The van der Waals surface area contributed by atoms with Crippen molar-refractivity contribution in [3.63, 3.8) is 0 Å². The molecule has 0 amide bonds. The predicted octanol–water partition coefficient (Wildman–Crippen LogP) is 0.970. The summed E-state index contributed by atoms with van der Waals surface area (Å²) in [5.74, 6) is 2.03. The third-order valence-corrected chi connectivity index (χ3v) is 6.37. The van der Waals surface area contributed by atoms with Gasteiger partial charge in [-0.2, -0.15) is 13.3 Å². The van der Waals surface area contributed by atoms with Gasteiger partial charge in [-0.1, -0.05) is 19.8 Å². The van der Waals surface area contributed by atoms with Gasteiger partial charge in [0.2, 0.25) is 0 Å². The third-order valence-electron chi connectivity index (χ3n) is 6.37. The van der Waals surface area contributed by atoms with Gasteiger partial charge in [-0.3, -0.25) is 9.80 Å². The van der Waals surface area contributed by atoms with Crippen molar-refractivity contribution in [1.29, 1.82) is 0 Å². The molecule has 4 aliphatic heterocycles. The normalized spacial score (nSPS) is 37.9. The summed E-state index contributed by atoms with van der Waals surface area (Å²) in [5, 5.41) is 0. The largest absolute Gasteiger partial charge is 1.00 e. The first-order valence-electron chi connectivity index (χ1n) is 9.59. The Morgan fingerprint density at radius 3 is 1.73 bits per heavy atom. The Bertz CT molecular complexity index is 293. The second-order valence-electron chi connectivity index (χ2n) is 7.69. The molecule has 0 aromatic heterocycles. The molecule has 2 nitrogen and oxygen atoms in total. The van der Waals surface area contributed by atoms with E-state index in [9.17, 15) is 0 Å². The fraction of sp³-hybridized carbons (Fsp3) is 0.947. The maximum absolute atomic E-state index is 2.87. The molecule has 4 saturated heterocycles. The zero-order valence-electron chi connectivity index (χ0n) is 15.3. The van der Waals surface area contributed by atoms with Crippen LogP contribution in [0.25, 0.3) is 0 Å². The summed E-state index contributed by atoms with van der Waals surface area (Å²) in [6.07, 6.45) is 13.8. The summed E-state index contributed by atoms with van der Waals surface area (Å²) in [6, 6.07) is 1.92. The second kappa shape index (κ2) is 9.12. The number of rotatable bonds is 1. The molecule has 122 valence electrons. The van der Waals surface area contributed by atoms with Gasteiger partial charge in [0.15, 0.2) is 0 Å². The summed E-state index contributed by atoms with van der Waals surface area (Å²) < 4.78 is 0. The van der Waals surface area contributed by atoms with Crippen molar-refractivity contribution in [2.45, 2.75) is 77.3 Å². The van der Waals surface area contributed by atoms with E-state index in [0.717, 1.165) is 23.9 Å². The molecule has 3 heteroatoms. The third kappa shape index (κ3) is 4.13. The molecule has 0 aliphatic carbocycles. The van der Waals surface area contributed by atoms with Crippen LogP contribution in [0, 0.1) is 18.3 Å². The maximum Gasteiger partial charge on any atom is 1.00 e. The number of hydrogen-bond acceptors (Lipinski definition) is 2. The molecule has 4 aliphatic rings. The summed E-state index contributed by atoms with van der Waals surface area (Å²) in [7, 11) is 0. The molecule has 4 atom stereocenters. The minimum absolute atomic E-state index is 0. The van der Waals surface area contributed by atoms with Gasteiger partial charge >= 0.3 is 18.9 Å². The summed E-state index contributed by atoms with van der Waals surface area (Å²) in [4.78, 5) is 5.74. The van der Waals surface area contributed by atoms with E-state index in [1.165, 1.54) is 71.1 Å². The molecule has 0 unspecified atom stereocenters. The van der Waals surface area contributed by atoms with Crippen LogP contribution in [0.3, 0.4) is 0 Å².